The summed E-state index contributed by atoms with van der Waals surface area (Å²) in [6.07, 6.45) is 0.756. The van der Waals surface area contributed by atoms with Gasteiger partial charge in [-0.2, -0.15) is 5.10 Å². The predicted molar refractivity (Wildman–Crippen MR) is 146 cm³/mol. The first-order valence-corrected chi connectivity index (χ1v) is 12.3. The molecule has 0 aliphatic heterocycles. The topological polar surface area (TPSA) is 71.3 Å². The molecule has 0 aliphatic rings. The summed E-state index contributed by atoms with van der Waals surface area (Å²) in [5.41, 5.74) is 8.40. The van der Waals surface area contributed by atoms with E-state index in [1.54, 1.807) is 0 Å². The van der Waals surface area contributed by atoms with Crippen LogP contribution < -0.4 is 10.6 Å². The Hall–Kier alpha value is -3.41. The summed E-state index contributed by atoms with van der Waals surface area (Å²) in [4.78, 5) is 17.9. The Morgan fingerprint density at radius 1 is 1.03 bits per heavy atom. The van der Waals surface area contributed by atoms with Gasteiger partial charge in [0.15, 0.2) is 0 Å². The van der Waals surface area contributed by atoms with E-state index in [0.717, 1.165) is 35.5 Å². The van der Waals surface area contributed by atoms with Gasteiger partial charge in [0.2, 0.25) is 5.96 Å². The fraction of sp³-hybridized carbons (Fsp3) is 0.414. The van der Waals surface area contributed by atoms with Crippen molar-refractivity contribution >= 4 is 17.6 Å². The van der Waals surface area contributed by atoms with Gasteiger partial charge in [-0.05, 0) is 86.9 Å². The van der Waals surface area contributed by atoms with E-state index in [-0.39, 0.29) is 11.3 Å². The number of hydrogen-bond donors (Lipinski definition) is 2. The van der Waals surface area contributed by atoms with Crippen LogP contribution in [-0.2, 0) is 18.4 Å². The lowest BCUT2D eigenvalue weighted by Crippen LogP contribution is -2.36. The van der Waals surface area contributed by atoms with Crippen molar-refractivity contribution < 1.29 is 4.79 Å². The third-order valence-corrected chi connectivity index (χ3v) is 6.35. The van der Waals surface area contributed by atoms with Crippen LogP contribution in [0, 0.1) is 27.7 Å². The number of aliphatic imine (C=N–C) groups is 1. The first kappa shape index (κ1) is 26.2. The second-order valence-electron chi connectivity index (χ2n) is 10.2. The molecule has 6 nitrogen and oxygen atoms in total. The minimum Gasteiger partial charge on any atom is -0.326 e. The van der Waals surface area contributed by atoms with Crippen LogP contribution in [0.5, 0.6) is 0 Å². The molecule has 0 fully saturated rings. The van der Waals surface area contributed by atoms with E-state index in [1.807, 2.05) is 49.7 Å². The van der Waals surface area contributed by atoms with Crippen molar-refractivity contribution in [2.45, 2.75) is 73.8 Å². The molecule has 35 heavy (non-hydrogen) atoms. The van der Waals surface area contributed by atoms with Gasteiger partial charge in [-0.15, -0.1) is 0 Å². The molecule has 3 rings (SSSR count). The summed E-state index contributed by atoms with van der Waals surface area (Å²) in [5.74, 6) is 0.259. The first-order valence-electron chi connectivity index (χ1n) is 12.3. The Morgan fingerprint density at radius 3 is 2.31 bits per heavy atom. The molecule has 0 unspecified atom stereocenters. The molecule has 1 aromatic heterocycles. The molecule has 6 heteroatoms. The minimum absolute atomic E-state index is 0.0354. The van der Waals surface area contributed by atoms with Crippen LogP contribution in [0.4, 0.5) is 5.69 Å². The number of hydrogen-bond acceptors (Lipinski definition) is 3. The molecule has 0 saturated carbocycles. The highest BCUT2D eigenvalue weighted by atomic mass is 16.1. The number of nitrogens with zero attached hydrogens (tertiary/aromatic N) is 3. The monoisotopic (exact) mass is 473 g/mol. The molecule has 2 N–H and O–H groups in total. The third-order valence-electron chi connectivity index (χ3n) is 6.35. The fourth-order valence-electron chi connectivity index (χ4n) is 4.09. The average Bonchev–Trinajstić information content (AvgIpc) is 3.08. The zero-order valence-corrected chi connectivity index (χ0v) is 22.4. The highest BCUT2D eigenvalue weighted by Gasteiger charge is 2.16. The maximum atomic E-state index is 13.1. The Morgan fingerprint density at radius 2 is 1.71 bits per heavy atom. The lowest BCUT2D eigenvalue weighted by atomic mass is 9.87. The molecular formula is C29H39N5O. The van der Waals surface area contributed by atoms with Crippen molar-refractivity contribution in [1.29, 1.82) is 0 Å². The van der Waals surface area contributed by atoms with Gasteiger partial charge < -0.3 is 5.32 Å². The Balaban J connectivity index is 1.82. The number of benzene rings is 2. The van der Waals surface area contributed by atoms with Gasteiger partial charge in [-0.1, -0.05) is 45.0 Å². The number of aromatic nitrogens is 2. The van der Waals surface area contributed by atoms with Gasteiger partial charge in [0.05, 0.1) is 5.69 Å². The van der Waals surface area contributed by atoms with Crippen molar-refractivity contribution in [2.75, 3.05) is 11.9 Å². The number of amides is 1. The molecule has 2 aromatic carbocycles. The molecule has 0 saturated heterocycles. The first-order chi connectivity index (χ1) is 16.5. The largest absolute Gasteiger partial charge is 0.326 e. The van der Waals surface area contributed by atoms with Crippen molar-refractivity contribution in [2.24, 2.45) is 4.99 Å². The minimum atomic E-state index is -0.187. The van der Waals surface area contributed by atoms with Crippen LogP contribution in [0.3, 0.4) is 0 Å². The number of nitrogens with one attached hydrogen (secondary N) is 2. The maximum Gasteiger partial charge on any atom is 0.257 e. The second kappa shape index (κ2) is 10.9. The van der Waals surface area contributed by atoms with Crippen LogP contribution in [-0.4, -0.2) is 28.2 Å². The van der Waals surface area contributed by atoms with E-state index >= 15 is 0 Å². The molecule has 0 bridgehead atoms. The molecule has 1 amide bonds. The highest BCUT2D eigenvalue weighted by molar-refractivity contribution is 6.10. The Bertz CT molecular complexity index is 1210. The third kappa shape index (κ3) is 6.59. The summed E-state index contributed by atoms with van der Waals surface area (Å²) >= 11 is 0. The van der Waals surface area contributed by atoms with E-state index < -0.39 is 0 Å². The zero-order chi connectivity index (χ0) is 25.8. The van der Waals surface area contributed by atoms with Crippen molar-refractivity contribution in [1.82, 2.24) is 15.1 Å². The summed E-state index contributed by atoms with van der Waals surface area (Å²) in [6, 6.07) is 14.0. The molecule has 0 atom stereocenters. The molecule has 186 valence electrons. The second-order valence-corrected chi connectivity index (χ2v) is 10.2. The number of guanidine groups is 1. The van der Waals surface area contributed by atoms with E-state index in [0.29, 0.717) is 18.1 Å². The number of aryl methyl sites for hydroxylation is 4. The normalized spacial score (nSPS) is 12.1. The van der Waals surface area contributed by atoms with Crippen LogP contribution >= 0.6 is 0 Å². The van der Waals surface area contributed by atoms with Crippen LogP contribution in [0.1, 0.15) is 71.7 Å². The van der Waals surface area contributed by atoms with Gasteiger partial charge in [-0.3, -0.25) is 19.8 Å². The molecular weight excluding hydrogens is 434 g/mol. The SMILES string of the molecule is CCn1nc(C)c(CCN=C(NC(=O)c2ccc(C(C)(C)C)cc2)Nc2cc(C)ccc2C)c1C. The van der Waals surface area contributed by atoms with E-state index in [1.165, 1.54) is 16.8 Å². The number of carbonyl (C=O) groups excluding carboxylic acids is 1. The zero-order valence-electron chi connectivity index (χ0n) is 22.4. The summed E-state index contributed by atoms with van der Waals surface area (Å²) < 4.78 is 2.02. The molecule has 1 heterocycles. The van der Waals surface area contributed by atoms with Gasteiger partial charge in [0.1, 0.15) is 0 Å². The highest BCUT2D eigenvalue weighted by Crippen LogP contribution is 2.22. The van der Waals surface area contributed by atoms with E-state index in [2.05, 4.69) is 68.6 Å². The summed E-state index contributed by atoms with van der Waals surface area (Å²) in [6.45, 7) is 18.2. The van der Waals surface area contributed by atoms with Gasteiger partial charge >= 0.3 is 0 Å². The van der Waals surface area contributed by atoms with E-state index in [4.69, 9.17) is 4.99 Å². The Labute approximate surface area is 209 Å². The lowest BCUT2D eigenvalue weighted by molar-refractivity contribution is 0.0977. The fourth-order valence-corrected chi connectivity index (χ4v) is 4.09. The van der Waals surface area contributed by atoms with Gasteiger partial charge in [-0.25, -0.2) is 0 Å². The summed E-state index contributed by atoms with van der Waals surface area (Å²) in [5, 5.41) is 11.0. The van der Waals surface area contributed by atoms with Crippen molar-refractivity contribution in [3.8, 4) is 0 Å². The molecule has 0 aliphatic carbocycles. The number of rotatable bonds is 6. The standard InChI is InChI=1S/C29H39N5O/c1-9-34-22(5)25(21(4)33-34)16-17-30-28(31-26-18-19(2)10-11-20(26)3)32-27(35)23-12-14-24(15-13-23)29(6,7)8/h10-15,18H,9,16-17H2,1-8H3,(H2,30,31,32,35). The number of anilines is 1. The number of carbonyl (C=O) groups is 1. The smallest absolute Gasteiger partial charge is 0.257 e. The van der Waals surface area contributed by atoms with Gasteiger partial charge in [0, 0.05) is 30.0 Å². The molecule has 3 aromatic rings. The van der Waals surface area contributed by atoms with Crippen LogP contribution in [0.2, 0.25) is 0 Å². The predicted octanol–water partition coefficient (Wildman–Crippen LogP) is 5.87. The maximum absolute atomic E-state index is 13.1. The van der Waals surface area contributed by atoms with Crippen molar-refractivity contribution in [3.05, 3.63) is 81.7 Å². The van der Waals surface area contributed by atoms with Crippen LogP contribution in [0.15, 0.2) is 47.5 Å². The molecule has 0 spiro atoms. The van der Waals surface area contributed by atoms with E-state index in [9.17, 15) is 4.79 Å². The van der Waals surface area contributed by atoms with Gasteiger partial charge in [0.25, 0.3) is 5.91 Å². The quantitative estimate of drug-likeness (QED) is 0.347. The van der Waals surface area contributed by atoms with Crippen LogP contribution in [0.25, 0.3) is 0 Å². The lowest BCUT2D eigenvalue weighted by Gasteiger charge is -2.19. The average molecular weight is 474 g/mol. The molecule has 0 radical (unpaired) electrons. The van der Waals surface area contributed by atoms with Crippen molar-refractivity contribution in [3.63, 3.8) is 0 Å². The summed E-state index contributed by atoms with van der Waals surface area (Å²) in [7, 11) is 0. The Kier molecular flexibility index (Phi) is 8.15.